The van der Waals surface area contributed by atoms with Crippen LogP contribution in [-0.4, -0.2) is 33.1 Å². The topological polar surface area (TPSA) is 24.0 Å². The Labute approximate surface area is 128 Å². The van der Waals surface area contributed by atoms with Gasteiger partial charge in [0.2, 0.25) is 0 Å². The summed E-state index contributed by atoms with van der Waals surface area (Å²) in [6.07, 6.45) is 0. The van der Waals surface area contributed by atoms with E-state index < -0.39 is 11.6 Å². The van der Waals surface area contributed by atoms with Crippen LogP contribution in [-0.2, 0) is 6.54 Å². The van der Waals surface area contributed by atoms with Crippen molar-refractivity contribution in [2.24, 2.45) is 0 Å². The van der Waals surface area contributed by atoms with Gasteiger partial charge >= 0.3 is 0 Å². The third-order valence-corrected chi connectivity index (χ3v) is 4.06. The molecule has 0 saturated heterocycles. The van der Waals surface area contributed by atoms with Crippen molar-refractivity contribution in [3.05, 3.63) is 28.5 Å². The smallest absolute Gasteiger partial charge is 0.184 e. The van der Waals surface area contributed by atoms with E-state index in [9.17, 15) is 8.78 Å². The monoisotopic (exact) mass is 313 g/mol. The van der Waals surface area contributed by atoms with Crippen molar-refractivity contribution < 1.29 is 8.78 Å². The summed E-state index contributed by atoms with van der Waals surface area (Å²) in [7, 11) is 0. The molecule has 1 aromatic carbocycles. The summed E-state index contributed by atoms with van der Waals surface area (Å²) in [5.74, 6) is -1.70. The Morgan fingerprint density at radius 1 is 1.19 bits per heavy atom. The molecule has 21 heavy (non-hydrogen) atoms. The van der Waals surface area contributed by atoms with E-state index in [2.05, 4.69) is 37.6 Å². The van der Waals surface area contributed by atoms with Crippen LogP contribution in [0.3, 0.4) is 0 Å². The van der Waals surface area contributed by atoms with Gasteiger partial charge in [-0.15, -0.1) is 0 Å². The standard InChI is InChI=1S/C15H21F2N3S/c1-9(2)19(10(3)4)7-8-20-14-12(18-15(20)21)6-5-11(16)13(14)17/h5-6,9-10H,7-8H2,1-4H3,(H,18,21). The van der Waals surface area contributed by atoms with Gasteiger partial charge in [0.1, 0.15) is 5.52 Å². The van der Waals surface area contributed by atoms with E-state index in [0.29, 0.717) is 28.9 Å². The molecule has 1 heterocycles. The SMILES string of the molecule is CC(C)N(CCn1c(=S)[nH]c2ccc(F)c(F)c21)C(C)C. The minimum absolute atomic E-state index is 0.215. The van der Waals surface area contributed by atoms with Crippen molar-refractivity contribution in [2.75, 3.05) is 6.54 Å². The van der Waals surface area contributed by atoms with Crippen molar-refractivity contribution in [2.45, 2.75) is 46.3 Å². The molecule has 0 saturated carbocycles. The first-order valence-corrected chi connectivity index (χ1v) is 7.56. The Morgan fingerprint density at radius 3 is 2.38 bits per heavy atom. The van der Waals surface area contributed by atoms with E-state index in [1.54, 1.807) is 4.57 Å². The molecule has 0 aliphatic rings. The van der Waals surface area contributed by atoms with Crippen molar-refractivity contribution in [3.8, 4) is 0 Å². The quantitative estimate of drug-likeness (QED) is 0.840. The van der Waals surface area contributed by atoms with Crippen LogP contribution in [0.5, 0.6) is 0 Å². The fourth-order valence-corrected chi connectivity index (χ4v) is 3.02. The summed E-state index contributed by atoms with van der Waals surface area (Å²) < 4.78 is 29.5. The lowest BCUT2D eigenvalue weighted by Crippen LogP contribution is -2.39. The molecule has 2 rings (SSSR count). The molecule has 0 atom stereocenters. The summed E-state index contributed by atoms with van der Waals surface area (Å²) in [4.78, 5) is 5.22. The van der Waals surface area contributed by atoms with Gasteiger partial charge in [-0.3, -0.25) is 4.90 Å². The van der Waals surface area contributed by atoms with E-state index in [0.717, 1.165) is 12.6 Å². The van der Waals surface area contributed by atoms with Gasteiger partial charge in [-0.25, -0.2) is 8.78 Å². The number of nitrogens with zero attached hydrogens (tertiary/aromatic N) is 2. The van der Waals surface area contributed by atoms with Crippen molar-refractivity contribution in [3.63, 3.8) is 0 Å². The molecule has 2 aromatic rings. The number of fused-ring (bicyclic) bond motifs is 1. The summed E-state index contributed by atoms with van der Waals surface area (Å²) in [5, 5.41) is 0. The molecule has 6 heteroatoms. The minimum atomic E-state index is -0.852. The van der Waals surface area contributed by atoms with E-state index in [-0.39, 0.29) is 5.52 Å². The lowest BCUT2D eigenvalue weighted by molar-refractivity contribution is 0.168. The van der Waals surface area contributed by atoms with Gasteiger partial charge in [-0.1, -0.05) is 0 Å². The fraction of sp³-hybridized carbons (Fsp3) is 0.533. The number of aromatic nitrogens is 2. The highest BCUT2D eigenvalue weighted by Gasteiger charge is 2.17. The van der Waals surface area contributed by atoms with E-state index >= 15 is 0 Å². The summed E-state index contributed by atoms with van der Waals surface area (Å²) in [6, 6.07) is 3.39. The highest BCUT2D eigenvalue weighted by Crippen LogP contribution is 2.20. The molecule has 1 N–H and O–H groups in total. The minimum Gasteiger partial charge on any atom is -0.330 e. The van der Waals surface area contributed by atoms with Gasteiger partial charge in [0.05, 0.1) is 5.52 Å². The maximum atomic E-state index is 14.0. The predicted molar refractivity (Wildman–Crippen MR) is 84.0 cm³/mol. The number of H-pyrrole nitrogens is 1. The molecule has 1 aromatic heterocycles. The van der Waals surface area contributed by atoms with Crippen molar-refractivity contribution >= 4 is 23.3 Å². The average Bonchev–Trinajstić information content (AvgIpc) is 2.71. The fourth-order valence-electron chi connectivity index (χ4n) is 2.73. The second kappa shape index (κ2) is 6.23. The third kappa shape index (κ3) is 3.16. The number of benzene rings is 1. The Hall–Kier alpha value is -1.27. The van der Waals surface area contributed by atoms with Gasteiger partial charge < -0.3 is 9.55 Å². The number of rotatable bonds is 5. The summed E-state index contributed by atoms with van der Waals surface area (Å²) in [5.41, 5.74) is 0.743. The van der Waals surface area contributed by atoms with Crippen LogP contribution in [0, 0.1) is 16.4 Å². The predicted octanol–water partition coefficient (Wildman–Crippen LogP) is 4.10. The van der Waals surface area contributed by atoms with E-state index in [1.165, 1.54) is 6.07 Å². The number of halogens is 2. The van der Waals surface area contributed by atoms with Crippen LogP contribution in [0.4, 0.5) is 8.78 Å². The number of imidazole rings is 1. The van der Waals surface area contributed by atoms with Gasteiger partial charge in [-0.05, 0) is 52.0 Å². The maximum absolute atomic E-state index is 14.0. The number of hydrogen-bond donors (Lipinski definition) is 1. The zero-order valence-electron chi connectivity index (χ0n) is 12.8. The third-order valence-electron chi connectivity index (χ3n) is 3.73. The molecule has 0 fully saturated rings. The van der Waals surface area contributed by atoms with Gasteiger partial charge in [0.15, 0.2) is 16.4 Å². The molecule has 0 aliphatic carbocycles. The van der Waals surface area contributed by atoms with Gasteiger partial charge in [-0.2, -0.15) is 0 Å². The van der Waals surface area contributed by atoms with Crippen LogP contribution < -0.4 is 0 Å². The van der Waals surface area contributed by atoms with Crippen LogP contribution in [0.15, 0.2) is 12.1 Å². The molecule has 3 nitrogen and oxygen atoms in total. The molecule has 116 valence electrons. The van der Waals surface area contributed by atoms with Crippen molar-refractivity contribution in [1.82, 2.24) is 14.5 Å². The summed E-state index contributed by atoms with van der Waals surface area (Å²) in [6.45, 7) is 9.73. The van der Waals surface area contributed by atoms with Gasteiger partial charge in [0, 0.05) is 25.2 Å². The van der Waals surface area contributed by atoms with E-state index in [1.807, 2.05) is 0 Å². The zero-order chi connectivity index (χ0) is 15.7. The first-order chi connectivity index (χ1) is 9.82. The second-order valence-electron chi connectivity index (χ2n) is 5.76. The Bertz CT molecular complexity index is 680. The molecular formula is C15H21F2N3S. The molecule has 0 unspecified atom stereocenters. The number of hydrogen-bond acceptors (Lipinski definition) is 2. The van der Waals surface area contributed by atoms with E-state index in [4.69, 9.17) is 12.2 Å². The van der Waals surface area contributed by atoms with Crippen LogP contribution in [0.1, 0.15) is 27.7 Å². The molecule has 0 amide bonds. The molecule has 0 bridgehead atoms. The van der Waals surface area contributed by atoms with Gasteiger partial charge in [0.25, 0.3) is 0 Å². The molecule has 0 radical (unpaired) electrons. The normalized spacial score (nSPS) is 12.2. The molecular weight excluding hydrogens is 292 g/mol. The first-order valence-electron chi connectivity index (χ1n) is 7.15. The Balaban J connectivity index is 2.36. The molecule has 0 spiro atoms. The Morgan fingerprint density at radius 2 is 1.81 bits per heavy atom. The first kappa shape index (κ1) is 16.1. The average molecular weight is 313 g/mol. The number of aromatic amines is 1. The maximum Gasteiger partial charge on any atom is 0.184 e. The van der Waals surface area contributed by atoms with Crippen molar-refractivity contribution in [1.29, 1.82) is 0 Å². The summed E-state index contributed by atoms with van der Waals surface area (Å²) >= 11 is 5.24. The largest absolute Gasteiger partial charge is 0.330 e. The van der Waals surface area contributed by atoms with Crippen LogP contribution >= 0.6 is 12.2 Å². The number of nitrogens with one attached hydrogen (secondary N) is 1. The highest BCUT2D eigenvalue weighted by atomic mass is 32.1. The Kier molecular flexibility index (Phi) is 4.78. The zero-order valence-corrected chi connectivity index (χ0v) is 13.6. The van der Waals surface area contributed by atoms with Crippen LogP contribution in [0.2, 0.25) is 0 Å². The molecule has 0 aliphatic heterocycles. The van der Waals surface area contributed by atoms with Crippen LogP contribution in [0.25, 0.3) is 11.0 Å². The second-order valence-corrected chi connectivity index (χ2v) is 6.15. The lowest BCUT2D eigenvalue weighted by atomic mass is 10.2. The highest BCUT2D eigenvalue weighted by molar-refractivity contribution is 7.71. The lowest BCUT2D eigenvalue weighted by Gasteiger charge is -2.30.